The highest BCUT2D eigenvalue weighted by molar-refractivity contribution is 7.99. The average molecular weight is 312 g/mol. The fraction of sp³-hybridized carbons (Fsp3) is 0.462. The minimum absolute atomic E-state index is 0.268. The Labute approximate surface area is 125 Å². The third kappa shape index (κ3) is 3.21. The maximum Gasteiger partial charge on any atom is 0.330 e. The van der Waals surface area contributed by atoms with Gasteiger partial charge in [-0.25, -0.2) is 4.79 Å². The van der Waals surface area contributed by atoms with Crippen LogP contribution in [0.4, 0.5) is 0 Å². The van der Waals surface area contributed by atoms with Gasteiger partial charge >= 0.3 is 5.97 Å². The first-order valence-electron chi connectivity index (χ1n) is 6.35. The van der Waals surface area contributed by atoms with Crippen molar-refractivity contribution in [1.29, 1.82) is 0 Å². The number of carbonyl (C=O) groups excluding carboxylic acids is 3. The zero-order valence-electron chi connectivity index (χ0n) is 11.6. The summed E-state index contributed by atoms with van der Waals surface area (Å²) in [5.41, 5.74) is 5.06. The van der Waals surface area contributed by atoms with Crippen LogP contribution in [0.25, 0.3) is 0 Å². The highest BCUT2D eigenvalue weighted by Gasteiger charge is 2.43. The third-order valence-electron chi connectivity index (χ3n) is 3.12. The molecule has 1 fully saturated rings. The van der Waals surface area contributed by atoms with E-state index in [2.05, 4.69) is 0 Å². The molecule has 1 aromatic heterocycles. The lowest BCUT2D eigenvalue weighted by atomic mass is 10.2. The molecular formula is C13H16N2O5S. The first-order chi connectivity index (χ1) is 9.91. The number of hydrogen-bond acceptors (Lipinski definition) is 6. The SMILES string of the molecule is CC(=O)N1[C@@H](C(=O)O[C@H](C)C(N)=O)CS[C@@H]1c1ccco1. The summed E-state index contributed by atoms with van der Waals surface area (Å²) in [5, 5.41) is -0.376. The van der Waals surface area contributed by atoms with E-state index in [9.17, 15) is 14.4 Å². The van der Waals surface area contributed by atoms with Gasteiger partial charge in [0.1, 0.15) is 17.2 Å². The summed E-state index contributed by atoms with van der Waals surface area (Å²) >= 11 is 1.40. The normalized spacial score (nSPS) is 22.9. The number of carbonyl (C=O) groups is 3. The molecule has 0 aliphatic carbocycles. The highest BCUT2D eigenvalue weighted by Crippen LogP contribution is 2.41. The number of rotatable bonds is 4. The van der Waals surface area contributed by atoms with Gasteiger partial charge in [0, 0.05) is 12.7 Å². The second kappa shape index (κ2) is 6.21. The van der Waals surface area contributed by atoms with Gasteiger partial charge in [-0.3, -0.25) is 9.59 Å². The molecule has 0 spiro atoms. The van der Waals surface area contributed by atoms with Crippen LogP contribution in [-0.2, 0) is 19.1 Å². The van der Waals surface area contributed by atoms with Crippen LogP contribution < -0.4 is 5.73 Å². The van der Waals surface area contributed by atoms with Gasteiger partial charge in [0.25, 0.3) is 5.91 Å². The van der Waals surface area contributed by atoms with E-state index >= 15 is 0 Å². The summed E-state index contributed by atoms with van der Waals surface area (Å²) in [6.45, 7) is 2.77. The Bertz CT molecular complexity index is 545. The number of nitrogens with zero attached hydrogens (tertiary/aromatic N) is 1. The lowest BCUT2D eigenvalue weighted by Crippen LogP contribution is -2.44. The molecule has 2 rings (SSSR count). The minimum atomic E-state index is -1.03. The molecular weight excluding hydrogens is 296 g/mol. The van der Waals surface area contributed by atoms with Gasteiger partial charge in [-0.15, -0.1) is 11.8 Å². The molecule has 8 heteroatoms. The number of furan rings is 1. The summed E-state index contributed by atoms with van der Waals surface area (Å²) in [6.07, 6.45) is 0.480. The van der Waals surface area contributed by atoms with Crippen LogP contribution >= 0.6 is 11.8 Å². The molecule has 1 aromatic rings. The molecule has 2 amide bonds. The Hall–Kier alpha value is -1.96. The van der Waals surface area contributed by atoms with Crippen molar-refractivity contribution in [2.45, 2.75) is 31.4 Å². The van der Waals surface area contributed by atoms with E-state index in [-0.39, 0.29) is 11.3 Å². The van der Waals surface area contributed by atoms with Gasteiger partial charge in [0.05, 0.1) is 6.26 Å². The Kier molecular flexibility index (Phi) is 4.56. The number of amides is 2. The van der Waals surface area contributed by atoms with E-state index < -0.39 is 24.0 Å². The van der Waals surface area contributed by atoms with E-state index in [0.29, 0.717) is 11.5 Å². The van der Waals surface area contributed by atoms with Crippen LogP contribution in [0.2, 0.25) is 0 Å². The van der Waals surface area contributed by atoms with E-state index in [4.69, 9.17) is 14.9 Å². The average Bonchev–Trinajstić information content (AvgIpc) is 3.06. The number of hydrogen-bond donors (Lipinski definition) is 1. The summed E-state index contributed by atoms with van der Waals surface area (Å²) in [5.74, 6) is -0.678. The first kappa shape index (κ1) is 15.4. The van der Waals surface area contributed by atoms with Gasteiger partial charge in [-0.2, -0.15) is 0 Å². The van der Waals surface area contributed by atoms with Crippen molar-refractivity contribution in [1.82, 2.24) is 4.90 Å². The van der Waals surface area contributed by atoms with Crippen molar-refractivity contribution in [2.75, 3.05) is 5.75 Å². The predicted molar refractivity (Wildman–Crippen MR) is 75.0 cm³/mol. The molecule has 1 aliphatic rings. The third-order valence-corrected chi connectivity index (χ3v) is 4.40. The lowest BCUT2D eigenvalue weighted by molar-refractivity contribution is -0.160. The van der Waals surface area contributed by atoms with Crippen molar-refractivity contribution >= 4 is 29.5 Å². The molecule has 1 aliphatic heterocycles. The number of nitrogens with two attached hydrogens (primary N) is 1. The molecule has 7 nitrogen and oxygen atoms in total. The van der Waals surface area contributed by atoms with Crippen molar-refractivity contribution in [2.24, 2.45) is 5.73 Å². The van der Waals surface area contributed by atoms with Crippen molar-refractivity contribution in [3.8, 4) is 0 Å². The van der Waals surface area contributed by atoms with Crippen molar-refractivity contribution < 1.29 is 23.5 Å². The van der Waals surface area contributed by atoms with Gasteiger partial charge in [0.2, 0.25) is 5.91 Å². The second-order valence-corrected chi connectivity index (χ2v) is 5.74. The molecule has 2 N–H and O–H groups in total. The highest BCUT2D eigenvalue weighted by atomic mass is 32.2. The van der Waals surface area contributed by atoms with Gasteiger partial charge in [0.15, 0.2) is 6.10 Å². The summed E-state index contributed by atoms with van der Waals surface area (Å²) in [7, 11) is 0. The summed E-state index contributed by atoms with van der Waals surface area (Å²) in [4.78, 5) is 36.3. The number of ether oxygens (including phenoxy) is 1. The molecule has 114 valence electrons. The summed E-state index contributed by atoms with van der Waals surface area (Å²) < 4.78 is 10.3. The van der Waals surface area contributed by atoms with Crippen LogP contribution in [0.5, 0.6) is 0 Å². The molecule has 1 saturated heterocycles. The van der Waals surface area contributed by atoms with Gasteiger partial charge in [-0.05, 0) is 19.1 Å². The van der Waals surface area contributed by atoms with Crippen LogP contribution in [0, 0.1) is 0 Å². The predicted octanol–water partition coefficient (Wildman–Crippen LogP) is 0.659. The molecule has 2 heterocycles. The monoisotopic (exact) mass is 312 g/mol. The number of esters is 1. The minimum Gasteiger partial charge on any atom is -0.466 e. The quantitative estimate of drug-likeness (QED) is 0.819. The van der Waals surface area contributed by atoms with Crippen molar-refractivity contribution in [3.63, 3.8) is 0 Å². The lowest BCUT2D eigenvalue weighted by Gasteiger charge is -2.26. The maximum absolute atomic E-state index is 12.1. The zero-order valence-corrected chi connectivity index (χ0v) is 12.5. The second-order valence-electron chi connectivity index (χ2n) is 4.62. The van der Waals surface area contributed by atoms with E-state index in [1.165, 1.54) is 36.8 Å². The molecule has 0 saturated carbocycles. The van der Waals surface area contributed by atoms with Crippen LogP contribution in [0.1, 0.15) is 25.0 Å². The maximum atomic E-state index is 12.1. The Morgan fingerprint density at radius 1 is 1.52 bits per heavy atom. The Morgan fingerprint density at radius 3 is 2.76 bits per heavy atom. The zero-order chi connectivity index (χ0) is 15.6. The van der Waals surface area contributed by atoms with E-state index in [0.717, 1.165) is 0 Å². The fourth-order valence-corrected chi connectivity index (χ4v) is 3.45. The fourth-order valence-electron chi connectivity index (χ4n) is 2.03. The van der Waals surface area contributed by atoms with Crippen LogP contribution in [-0.4, -0.2) is 40.6 Å². The molecule has 21 heavy (non-hydrogen) atoms. The largest absolute Gasteiger partial charge is 0.466 e. The molecule has 0 unspecified atom stereocenters. The van der Waals surface area contributed by atoms with E-state index in [1.807, 2.05) is 0 Å². The van der Waals surface area contributed by atoms with Crippen molar-refractivity contribution in [3.05, 3.63) is 24.2 Å². The van der Waals surface area contributed by atoms with Gasteiger partial charge < -0.3 is 19.8 Å². The Morgan fingerprint density at radius 2 is 2.24 bits per heavy atom. The van der Waals surface area contributed by atoms with Crippen LogP contribution in [0.3, 0.4) is 0 Å². The topological polar surface area (TPSA) is 103 Å². The molecule has 0 bridgehead atoms. The number of primary amides is 1. The smallest absolute Gasteiger partial charge is 0.330 e. The number of thioether (sulfide) groups is 1. The molecule has 0 radical (unpaired) electrons. The van der Waals surface area contributed by atoms with Crippen LogP contribution in [0.15, 0.2) is 22.8 Å². The van der Waals surface area contributed by atoms with E-state index in [1.54, 1.807) is 12.1 Å². The standard InChI is InChI=1S/C13H16N2O5S/c1-7(11(14)17)20-13(18)9-6-21-12(15(9)8(2)16)10-4-3-5-19-10/h3-5,7,9,12H,6H2,1-2H3,(H2,14,17)/t7-,9-,12-/m1/s1. The summed E-state index contributed by atoms with van der Waals surface area (Å²) in [6, 6.07) is 2.70. The Balaban J connectivity index is 2.15. The van der Waals surface area contributed by atoms with Gasteiger partial charge in [-0.1, -0.05) is 0 Å². The molecule has 0 aromatic carbocycles. The molecule has 3 atom stereocenters. The first-order valence-corrected chi connectivity index (χ1v) is 7.40.